The summed E-state index contributed by atoms with van der Waals surface area (Å²) in [4.78, 5) is 6.97. The van der Waals surface area contributed by atoms with Crippen LogP contribution in [0.4, 0.5) is 0 Å². The van der Waals surface area contributed by atoms with E-state index in [1.54, 1.807) is 0 Å². The molecule has 0 spiro atoms. The minimum absolute atomic E-state index is 1.07. The van der Waals surface area contributed by atoms with Crippen molar-refractivity contribution in [3.8, 4) is 0 Å². The first-order valence-electron chi connectivity index (χ1n) is 5.60. The maximum absolute atomic E-state index is 4.60. The molecule has 0 aromatic carbocycles. The third-order valence-corrected chi connectivity index (χ3v) is 2.57. The van der Waals surface area contributed by atoms with Crippen molar-refractivity contribution in [2.75, 3.05) is 26.2 Å². The SMILES string of the molecule is CCC/C=C(/N=C(/C)I)N1CCNCC1. The minimum Gasteiger partial charge on any atom is -0.354 e. The molecule has 15 heavy (non-hydrogen) atoms. The molecule has 0 saturated carbocycles. The van der Waals surface area contributed by atoms with Crippen molar-refractivity contribution in [2.45, 2.75) is 26.7 Å². The molecule has 1 heterocycles. The summed E-state index contributed by atoms with van der Waals surface area (Å²) in [7, 11) is 0. The molecule has 4 heteroatoms. The first-order chi connectivity index (χ1) is 7.24. The Morgan fingerprint density at radius 2 is 2.13 bits per heavy atom. The zero-order valence-corrected chi connectivity index (χ0v) is 11.7. The van der Waals surface area contributed by atoms with Gasteiger partial charge < -0.3 is 10.2 Å². The zero-order chi connectivity index (χ0) is 11.1. The molecule has 0 bridgehead atoms. The summed E-state index contributed by atoms with van der Waals surface area (Å²) >= 11 is 2.27. The summed E-state index contributed by atoms with van der Waals surface area (Å²) in [5, 5.41) is 3.36. The van der Waals surface area contributed by atoms with Gasteiger partial charge in [0.15, 0.2) is 0 Å². The number of unbranched alkanes of at least 4 members (excludes halogenated alkanes) is 1. The van der Waals surface area contributed by atoms with Gasteiger partial charge in [-0.2, -0.15) is 0 Å². The van der Waals surface area contributed by atoms with Gasteiger partial charge in [0.25, 0.3) is 0 Å². The Morgan fingerprint density at radius 1 is 1.47 bits per heavy atom. The Hall–Kier alpha value is -0.100. The molecular weight excluding hydrogens is 301 g/mol. The van der Waals surface area contributed by atoms with E-state index in [0.29, 0.717) is 0 Å². The second-order valence-corrected chi connectivity index (χ2v) is 5.26. The molecule has 1 aliphatic heterocycles. The van der Waals surface area contributed by atoms with Gasteiger partial charge in [0, 0.05) is 26.2 Å². The highest BCUT2D eigenvalue weighted by molar-refractivity contribution is 14.1. The normalized spacial score (nSPS) is 19.5. The molecule has 0 aliphatic carbocycles. The molecule has 1 N–H and O–H groups in total. The van der Waals surface area contributed by atoms with Crippen LogP contribution in [0.3, 0.4) is 0 Å². The topological polar surface area (TPSA) is 27.6 Å². The third-order valence-electron chi connectivity index (χ3n) is 2.33. The van der Waals surface area contributed by atoms with E-state index in [0.717, 1.165) is 42.1 Å². The van der Waals surface area contributed by atoms with Crippen molar-refractivity contribution in [1.29, 1.82) is 0 Å². The number of aliphatic imine (C=N–C) groups is 1. The monoisotopic (exact) mass is 321 g/mol. The number of hydrogen-bond donors (Lipinski definition) is 1. The summed E-state index contributed by atoms with van der Waals surface area (Å²) in [6.07, 6.45) is 4.56. The van der Waals surface area contributed by atoms with Crippen LogP contribution in [0.25, 0.3) is 0 Å². The largest absolute Gasteiger partial charge is 0.354 e. The van der Waals surface area contributed by atoms with E-state index in [4.69, 9.17) is 0 Å². The summed E-state index contributed by atoms with van der Waals surface area (Å²) in [6, 6.07) is 0. The Morgan fingerprint density at radius 3 is 2.67 bits per heavy atom. The van der Waals surface area contributed by atoms with Gasteiger partial charge in [-0.05, 0) is 42.0 Å². The van der Waals surface area contributed by atoms with Crippen molar-refractivity contribution in [3.63, 3.8) is 0 Å². The lowest BCUT2D eigenvalue weighted by Gasteiger charge is -2.29. The average Bonchev–Trinajstić information content (AvgIpc) is 2.25. The summed E-state index contributed by atoms with van der Waals surface area (Å²) in [5.41, 5.74) is 0. The first-order valence-corrected chi connectivity index (χ1v) is 6.68. The van der Waals surface area contributed by atoms with E-state index in [1.807, 2.05) is 6.92 Å². The number of nitrogens with one attached hydrogen (secondary N) is 1. The summed E-state index contributed by atoms with van der Waals surface area (Å²) in [5.74, 6) is 1.16. The van der Waals surface area contributed by atoms with E-state index in [1.165, 1.54) is 6.42 Å². The van der Waals surface area contributed by atoms with Crippen LogP contribution in [0.2, 0.25) is 0 Å². The second-order valence-electron chi connectivity index (χ2n) is 3.70. The van der Waals surface area contributed by atoms with Gasteiger partial charge in [0.05, 0.1) is 3.72 Å². The highest BCUT2D eigenvalue weighted by Gasteiger charge is 2.11. The van der Waals surface area contributed by atoms with Crippen molar-refractivity contribution in [2.24, 2.45) is 4.99 Å². The molecule has 0 aromatic heterocycles. The van der Waals surface area contributed by atoms with Gasteiger partial charge in [0.1, 0.15) is 5.82 Å². The van der Waals surface area contributed by atoms with Crippen LogP contribution in [0, 0.1) is 0 Å². The smallest absolute Gasteiger partial charge is 0.125 e. The molecule has 86 valence electrons. The van der Waals surface area contributed by atoms with Crippen molar-refractivity contribution in [3.05, 3.63) is 11.9 Å². The van der Waals surface area contributed by atoms with Gasteiger partial charge in [-0.1, -0.05) is 13.3 Å². The van der Waals surface area contributed by atoms with Crippen LogP contribution >= 0.6 is 22.6 Å². The van der Waals surface area contributed by atoms with Crippen molar-refractivity contribution >= 4 is 26.3 Å². The minimum atomic E-state index is 1.07. The van der Waals surface area contributed by atoms with Crippen LogP contribution in [0.15, 0.2) is 16.9 Å². The van der Waals surface area contributed by atoms with Crippen LogP contribution in [-0.2, 0) is 0 Å². The number of allylic oxidation sites excluding steroid dienone is 1. The molecule has 1 fully saturated rings. The predicted octanol–water partition coefficient (Wildman–Crippen LogP) is 2.39. The Bertz CT molecular complexity index is 238. The number of piperazine rings is 1. The van der Waals surface area contributed by atoms with E-state index in [9.17, 15) is 0 Å². The molecule has 1 aliphatic rings. The third kappa shape index (κ3) is 4.97. The van der Waals surface area contributed by atoms with Crippen molar-refractivity contribution in [1.82, 2.24) is 10.2 Å². The van der Waals surface area contributed by atoms with Crippen molar-refractivity contribution < 1.29 is 0 Å². The van der Waals surface area contributed by atoms with Gasteiger partial charge >= 0.3 is 0 Å². The van der Waals surface area contributed by atoms with E-state index in [-0.39, 0.29) is 0 Å². The van der Waals surface area contributed by atoms with E-state index in [2.05, 4.69) is 50.8 Å². The number of rotatable bonds is 4. The maximum Gasteiger partial charge on any atom is 0.125 e. The van der Waals surface area contributed by atoms with E-state index >= 15 is 0 Å². The Kier molecular flexibility index (Phi) is 6.24. The highest BCUT2D eigenvalue weighted by atomic mass is 127. The van der Waals surface area contributed by atoms with Crippen LogP contribution in [-0.4, -0.2) is 34.8 Å². The first kappa shape index (κ1) is 13.0. The maximum atomic E-state index is 4.60. The highest BCUT2D eigenvalue weighted by Crippen LogP contribution is 2.11. The fourth-order valence-electron chi connectivity index (χ4n) is 1.57. The molecule has 0 unspecified atom stereocenters. The molecule has 1 saturated heterocycles. The Labute approximate surface area is 106 Å². The fraction of sp³-hybridized carbons (Fsp3) is 0.727. The molecule has 0 atom stereocenters. The summed E-state index contributed by atoms with van der Waals surface area (Å²) in [6.45, 7) is 8.53. The quantitative estimate of drug-likeness (QED) is 0.636. The number of nitrogens with zero attached hydrogens (tertiary/aromatic N) is 2. The lowest BCUT2D eigenvalue weighted by atomic mass is 10.3. The molecular formula is C11H20IN3. The summed E-state index contributed by atoms with van der Waals surface area (Å²) < 4.78 is 1.11. The molecule has 0 amide bonds. The standard InChI is InChI=1S/C11H20IN3/c1-3-4-5-11(14-10(2)12)15-8-6-13-7-9-15/h5,13H,3-4,6-9H2,1-2H3/b11-5-,14-10-. The Balaban J connectivity index is 2.65. The van der Waals surface area contributed by atoms with Gasteiger partial charge in [-0.3, -0.25) is 0 Å². The molecule has 0 radical (unpaired) electrons. The van der Waals surface area contributed by atoms with Gasteiger partial charge in [-0.15, -0.1) is 0 Å². The zero-order valence-electron chi connectivity index (χ0n) is 9.59. The lowest BCUT2D eigenvalue weighted by molar-refractivity contribution is 0.296. The molecule has 0 aromatic rings. The van der Waals surface area contributed by atoms with Crippen LogP contribution in [0.5, 0.6) is 0 Å². The fourth-order valence-corrected chi connectivity index (χ4v) is 1.82. The van der Waals surface area contributed by atoms with Gasteiger partial charge in [-0.25, -0.2) is 4.99 Å². The number of hydrogen-bond acceptors (Lipinski definition) is 3. The lowest BCUT2D eigenvalue weighted by Crippen LogP contribution is -2.42. The van der Waals surface area contributed by atoms with Crippen LogP contribution in [0.1, 0.15) is 26.7 Å². The predicted molar refractivity (Wildman–Crippen MR) is 74.6 cm³/mol. The van der Waals surface area contributed by atoms with Gasteiger partial charge in [0.2, 0.25) is 0 Å². The number of halogens is 1. The molecule has 3 nitrogen and oxygen atoms in total. The van der Waals surface area contributed by atoms with E-state index < -0.39 is 0 Å². The molecule has 1 rings (SSSR count). The average molecular weight is 321 g/mol. The second kappa shape index (κ2) is 7.22. The van der Waals surface area contributed by atoms with Crippen LogP contribution < -0.4 is 5.32 Å².